The summed E-state index contributed by atoms with van der Waals surface area (Å²) in [7, 11) is 0. The quantitative estimate of drug-likeness (QED) is 0.835. The van der Waals surface area contributed by atoms with Gasteiger partial charge in [-0.2, -0.15) is 0 Å². The molecular weight excluding hydrogens is 376 g/mol. The molecule has 0 aromatic heterocycles. The van der Waals surface area contributed by atoms with Crippen LogP contribution in [0.15, 0.2) is 24.3 Å². The molecule has 0 radical (unpaired) electrons. The van der Waals surface area contributed by atoms with Gasteiger partial charge in [0.25, 0.3) is 0 Å². The lowest BCUT2D eigenvalue weighted by Gasteiger charge is -2.41. The van der Waals surface area contributed by atoms with Gasteiger partial charge in [-0.3, -0.25) is 14.5 Å². The molecule has 0 unspecified atom stereocenters. The summed E-state index contributed by atoms with van der Waals surface area (Å²) in [5, 5.41) is 3.68. The number of amides is 2. The van der Waals surface area contributed by atoms with Gasteiger partial charge in [-0.05, 0) is 31.0 Å². The van der Waals surface area contributed by atoms with E-state index in [4.69, 9.17) is 11.6 Å². The zero-order valence-corrected chi connectivity index (χ0v) is 17.0. The van der Waals surface area contributed by atoms with E-state index in [2.05, 4.69) is 21.2 Å². The van der Waals surface area contributed by atoms with E-state index in [1.165, 1.54) is 12.8 Å². The van der Waals surface area contributed by atoms with Gasteiger partial charge in [0.15, 0.2) is 0 Å². The van der Waals surface area contributed by atoms with Crippen LogP contribution in [0.25, 0.3) is 0 Å². The maximum absolute atomic E-state index is 12.9. The molecule has 1 N–H and O–H groups in total. The first kappa shape index (κ1) is 19.5. The Morgan fingerprint density at radius 2 is 1.86 bits per heavy atom. The van der Waals surface area contributed by atoms with E-state index >= 15 is 0 Å². The Labute approximate surface area is 171 Å². The highest BCUT2D eigenvalue weighted by Gasteiger charge is 2.37. The van der Waals surface area contributed by atoms with Gasteiger partial charge < -0.3 is 15.1 Å². The van der Waals surface area contributed by atoms with E-state index in [-0.39, 0.29) is 17.9 Å². The van der Waals surface area contributed by atoms with E-state index in [9.17, 15) is 9.59 Å². The van der Waals surface area contributed by atoms with Crippen LogP contribution in [0.3, 0.4) is 0 Å². The highest BCUT2D eigenvalue weighted by Crippen LogP contribution is 2.27. The van der Waals surface area contributed by atoms with E-state index in [0.717, 1.165) is 43.2 Å². The summed E-state index contributed by atoms with van der Waals surface area (Å²) in [6.45, 7) is 4.49. The molecule has 1 aliphatic carbocycles. The Kier molecular flexibility index (Phi) is 6.07. The lowest BCUT2D eigenvalue weighted by atomic mass is 10.0. The topological polar surface area (TPSA) is 55.9 Å². The predicted molar refractivity (Wildman–Crippen MR) is 111 cm³/mol. The molecule has 1 atom stereocenters. The van der Waals surface area contributed by atoms with Crippen molar-refractivity contribution in [1.29, 1.82) is 0 Å². The summed E-state index contributed by atoms with van der Waals surface area (Å²) in [4.78, 5) is 31.9. The molecule has 2 heterocycles. The molecule has 1 aromatic carbocycles. The van der Waals surface area contributed by atoms with Crippen LogP contribution in [-0.4, -0.2) is 73.0 Å². The zero-order valence-electron chi connectivity index (χ0n) is 16.3. The molecular formula is C21H29ClN4O2. The Morgan fingerprint density at radius 3 is 2.57 bits per heavy atom. The maximum atomic E-state index is 12.9. The summed E-state index contributed by atoms with van der Waals surface area (Å²) in [5.41, 5.74) is 1.10. The molecule has 2 saturated heterocycles. The van der Waals surface area contributed by atoms with Gasteiger partial charge in [0, 0.05) is 56.0 Å². The lowest BCUT2D eigenvalue weighted by Crippen LogP contribution is -2.59. The van der Waals surface area contributed by atoms with Crippen molar-refractivity contribution in [3.8, 4) is 0 Å². The van der Waals surface area contributed by atoms with Crippen molar-refractivity contribution < 1.29 is 9.59 Å². The molecule has 6 nitrogen and oxygen atoms in total. The van der Waals surface area contributed by atoms with Crippen molar-refractivity contribution in [3.05, 3.63) is 29.3 Å². The van der Waals surface area contributed by atoms with Gasteiger partial charge >= 0.3 is 0 Å². The van der Waals surface area contributed by atoms with Crippen molar-refractivity contribution in [2.24, 2.45) is 0 Å². The van der Waals surface area contributed by atoms with Crippen molar-refractivity contribution in [1.82, 2.24) is 15.1 Å². The van der Waals surface area contributed by atoms with E-state index in [1.807, 2.05) is 23.1 Å². The molecule has 7 heteroatoms. The molecule has 2 amide bonds. The molecule has 0 bridgehead atoms. The number of carbonyl (C=O) groups is 2. The average molecular weight is 405 g/mol. The molecule has 152 valence electrons. The molecule has 0 spiro atoms. The number of hydrogen-bond donors (Lipinski definition) is 1. The first-order chi connectivity index (χ1) is 13.6. The van der Waals surface area contributed by atoms with Gasteiger partial charge in [0.1, 0.15) is 0 Å². The van der Waals surface area contributed by atoms with Gasteiger partial charge in [-0.25, -0.2) is 0 Å². The number of nitrogens with one attached hydrogen (secondary N) is 1. The van der Waals surface area contributed by atoms with E-state index in [1.54, 1.807) is 0 Å². The molecule has 1 saturated carbocycles. The largest absolute Gasteiger partial charge is 0.368 e. The van der Waals surface area contributed by atoms with Gasteiger partial charge in [-0.1, -0.05) is 30.5 Å². The van der Waals surface area contributed by atoms with Crippen molar-refractivity contribution in [2.45, 2.75) is 44.2 Å². The van der Waals surface area contributed by atoms with Crippen LogP contribution in [0, 0.1) is 0 Å². The highest BCUT2D eigenvalue weighted by atomic mass is 35.5. The fourth-order valence-corrected chi connectivity index (χ4v) is 4.98. The number of anilines is 1. The van der Waals surface area contributed by atoms with Crippen LogP contribution in [0.5, 0.6) is 0 Å². The number of piperazine rings is 2. The third-order valence-corrected chi connectivity index (χ3v) is 6.57. The second kappa shape index (κ2) is 8.70. The normalized spacial score (nSPS) is 24.5. The van der Waals surface area contributed by atoms with E-state index < -0.39 is 0 Å². The van der Waals surface area contributed by atoms with Crippen LogP contribution in [0.4, 0.5) is 5.69 Å². The third-order valence-electron chi connectivity index (χ3n) is 6.34. The van der Waals surface area contributed by atoms with Crippen LogP contribution in [0.2, 0.25) is 5.02 Å². The predicted octanol–water partition coefficient (Wildman–Crippen LogP) is 2.12. The molecule has 4 rings (SSSR count). The van der Waals surface area contributed by atoms with Gasteiger partial charge in [-0.15, -0.1) is 0 Å². The summed E-state index contributed by atoms with van der Waals surface area (Å²) in [5.74, 6) is 0.111. The molecule has 1 aromatic rings. The van der Waals surface area contributed by atoms with Crippen LogP contribution >= 0.6 is 11.6 Å². The van der Waals surface area contributed by atoms with E-state index in [0.29, 0.717) is 32.1 Å². The Hall–Kier alpha value is -1.79. The minimum Gasteiger partial charge on any atom is -0.368 e. The van der Waals surface area contributed by atoms with Gasteiger partial charge in [0.05, 0.1) is 12.5 Å². The fraction of sp³-hybridized carbons (Fsp3) is 0.619. The van der Waals surface area contributed by atoms with Crippen LogP contribution < -0.4 is 10.2 Å². The number of nitrogens with zero attached hydrogens (tertiary/aromatic N) is 3. The Bertz CT molecular complexity index is 714. The third kappa shape index (κ3) is 4.28. The Morgan fingerprint density at radius 1 is 1.11 bits per heavy atom. The lowest BCUT2D eigenvalue weighted by molar-refractivity contribution is -0.140. The number of benzene rings is 1. The first-order valence-corrected chi connectivity index (χ1v) is 10.8. The van der Waals surface area contributed by atoms with Crippen molar-refractivity contribution in [3.63, 3.8) is 0 Å². The number of carbonyl (C=O) groups excluding carboxylic acids is 2. The maximum Gasteiger partial charge on any atom is 0.237 e. The second-order valence-electron chi connectivity index (χ2n) is 8.03. The minimum absolute atomic E-state index is 0.0177. The Balaban J connectivity index is 1.35. The average Bonchev–Trinajstić information content (AvgIpc) is 3.24. The standard InChI is InChI=1S/C21H29ClN4O2/c22-16-4-3-7-18(14-16)24-10-12-25(13-11-24)20(27)15-19-21(28)23-8-9-26(19)17-5-1-2-6-17/h3-4,7,14,17,19H,1-2,5-6,8-13,15H2,(H,23,28)/t19-/m0/s1. The monoisotopic (exact) mass is 404 g/mol. The molecule has 3 fully saturated rings. The second-order valence-corrected chi connectivity index (χ2v) is 8.47. The summed E-state index contributed by atoms with van der Waals surface area (Å²) < 4.78 is 0. The highest BCUT2D eigenvalue weighted by molar-refractivity contribution is 6.30. The molecule has 28 heavy (non-hydrogen) atoms. The minimum atomic E-state index is -0.310. The summed E-state index contributed by atoms with van der Waals surface area (Å²) in [6, 6.07) is 7.99. The smallest absolute Gasteiger partial charge is 0.237 e. The van der Waals surface area contributed by atoms with Crippen LogP contribution in [-0.2, 0) is 9.59 Å². The SMILES string of the molecule is O=C1NCCN(C2CCCC2)[C@H]1CC(=O)N1CCN(c2cccc(Cl)c2)CC1. The fourth-order valence-electron chi connectivity index (χ4n) is 4.80. The number of rotatable bonds is 4. The number of halogens is 1. The first-order valence-electron chi connectivity index (χ1n) is 10.4. The number of hydrogen-bond acceptors (Lipinski definition) is 4. The van der Waals surface area contributed by atoms with Crippen molar-refractivity contribution >= 4 is 29.1 Å². The zero-order chi connectivity index (χ0) is 19.5. The molecule has 3 aliphatic rings. The van der Waals surface area contributed by atoms with Gasteiger partial charge in [0.2, 0.25) is 11.8 Å². The summed E-state index contributed by atoms with van der Waals surface area (Å²) in [6.07, 6.45) is 5.05. The summed E-state index contributed by atoms with van der Waals surface area (Å²) >= 11 is 6.10. The molecule has 2 aliphatic heterocycles. The van der Waals surface area contributed by atoms with Crippen LogP contribution in [0.1, 0.15) is 32.1 Å². The van der Waals surface area contributed by atoms with Crippen molar-refractivity contribution in [2.75, 3.05) is 44.2 Å².